The maximum atomic E-state index is 12.1. The van der Waals surface area contributed by atoms with Crippen LogP contribution in [0.3, 0.4) is 0 Å². The van der Waals surface area contributed by atoms with E-state index >= 15 is 0 Å². The summed E-state index contributed by atoms with van der Waals surface area (Å²) in [5, 5.41) is 13.5. The van der Waals surface area contributed by atoms with E-state index < -0.39 is 5.60 Å². The van der Waals surface area contributed by atoms with Crippen LogP contribution in [0.25, 0.3) is 0 Å². The van der Waals surface area contributed by atoms with Crippen molar-refractivity contribution in [1.82, 2.24) is 5.32 Å². The highest BCUT2D eigenvalue weighted by atomic mass is 35.5. The number of carbonyl (C=O) groups is 1. The van der Waals surface area contributed by atoms with Gasteiger partial charge in [0.25, 0.3) is 5.91 Å². The van der Waals surface area contributed by atoms with Gasteiger partial charge < -0.3 is 16.2 Å². The van der Waals surface area contributed by atoms with Crippen molar-refractivity contribution in [2.45, 2.75) is 38.2 Å². The molecule has 110 valence electrons. The molecule has 1 fully saturated rings. The molecule has 1 amide bonds. The standard InChI is InChI=1S/C15H21ClN2O2/c1-10-4-3-7-15(20,8-10)9-18-14(19)11-5-2-6-12(17)13(11)16/h2,5-6,10,20H,3-4,7-9,17H2,1H3,(H,18,19). The summed E-state index contributed by atoms with van der Waals surface area (Å²) in [4.78, 5) is 12.1. The second-order valence-electron chi connectivity index (χ2n) is 5.82. The second kappa shape index (κ2) is 6.02. The van der Waals surface area contributed by atoms with Gasteiger partial charge >= 0.3 is 0 Å². The summed E-state index contributed by atoms with van der Waals surface area (Å²) in [7, 11) is 0. The van der Waals surface area contributed by atoms with Crippen LogP contribution < -0.4 is 11.1 Å². The van der Waals surface area contributed by atoms with Crippen molar-refractivity contribution in [3.63, 3.8) is 0 Å². The van der Waals surface area contributed by atoms with E-state index in [4.69, 9.17) is 17.3 Å². The first kappa shape index (κ1) is 15.1. The first-order valence-electron chi connectivity index (χ1n) is 6.96. The van der Waals surface area contributed by atoms with Crippen molar-refractivity contribution < 1.29 is 9.90 Å². The fraction of sp³-hybridized carbons (Fsp3) is 0.533. The lowest BCUT2D eigenvalue weighted by atomic mass is 9.79. The molecule has 0 bridgehead atoms. The molecule has 4 nitrogen and oxygen atoms in total. The number of hydrogen-bond acceptors (Lipinski definition) is 3. The zero-order valence-electron chi connectivity index (χ0n) is 11.7. The number of benzene rings is 1. The first-order valence-corrected chi connectivity index (χ1v) is 7.34. The van der Waals surface area contributed by atoms with E-state index in [0.717, 1.165) is 25.7 Å². The highest BCUT2D eigenvalue weighted by molar-refractivity contribution is 6.36. The number of rotatable bonds is 3. The molecule has 20 heavy (non-hydrogen) atoms. The van der Waals surface area contributed by atoms with E-state index in [9.17, 15) is 9.90 Å². The van der Waals surface area contributed by atoms with Crippen molar-refractivity contribution in [2.75, 3.05) is 12.3 Å². The van der Waals surface area contributed by atoms with Crippen LogP contribution in [0.15, 0.2) is 18.2 Å². The molecular formula is C15H21ClN2O2. The van der Waals surface area contributed by atoms with Gasteiger partial charge in [0, 0.05) is 6.54 Å². The van der Waals surface area contributed by atoms with E-state index in [-0.39, 0.29) is 17.5 Å². The molecule has 1 aromatic carbocycles. The minimum absolute atomic E-state index is 0.251. The topological polar surface area (TPSA) is 75.3 Å². The van der Waals surface area contributed by atoms with Gasteiger partial charge in [-0.1, -0.05) is 37.4 Å². The molecule has 0 saturated heterocycles. The fourth-order valence-corrected chi connectivity index (χ4v) is 3.07. The van der Waals surface area contributed by atoms with E-state index in [1.807, 2.05) is 0 Å². The quantitative estimate of drug-likeness (QED) is 0.751. The number of halogens is 1. The molecule has 0 heterocycles. The molecule has 1 aromatic rings. The van der Waals surface area contributed by atoms with Gasteiger partial charge in [-0.3, -0.25) is 4.79 Å². The van der Waals surface area contributed by atoms with Gasteiger partial charge in [-0.05, 0) is 30.9 Å². The Morgan fingerprint density at radius 3 is 3.05 bits per heavy atom. The third-order valence-corrected chi connectivity index (χ3v) is 4.34. The molecule has 0 spiro atoms. The molecular weight excluding hydrogens is 276 g/mol. The number of nitrogen functional groups attached to an aromatic ring is 1. The van der Waals surface area contributed by atoms with Crippen molar-refractivity contribution in [2.24, 2.45) is 5.92 Å². The average molecular weight is 297 g/mol. The van der Waals surface area contributed by atoms with E-state index in [0.29, 0.717) is 17.2 Å². The maximum absolute atomic E-state index is 12.1. The van der Waals surface area contributed by atoms with Crippen LogP contribution in [0, 0.1) is 5.92 Å². The highest BCUT2D eigenvalue weighted by Gasteiger charge is 2.33. The average Bonchev–Trinajstić information content (AvgIpc) is 2.39. The Morgan fingerprint density at radius 1 is 1.60 bits per heavy atom. The SMILES string of the molecule is CC1CCCC(O)(CNC(=O)c2cccc(N)c2Cl)C1. The summed E-state index contributed by atoms with van der Waals surface area (Å²) in [6.45, 7) is 2.38. The van der Waals surface area contributed by atoms with Crippen molar-refractivity contribution in [1.29, 1.82) is 0 Å². The van der Waals surface area contributed by atoms with E-state index in [2.05, 4.69) is 12.2 Å². The number of nitrogens with two attached hydrogens (primary N) is 1. The smallest absolute Gasteiger partial charge is 0.252 e. The van der Waals surface area contributed by atoms with Crippen LogP contribution in [0.4, 0.5) is 5.69 Å². The Labute approximate surface area is 124 Å². The Kier molecular flexibility index (Phi) is 4.55. The number of amides is 1. The molecule has 4 N–H and O–H groups in total. The van der Waals surface area contributed by atoms with Crippen molar-refractivity contribution in [3.8, 4) is 0 Å². The van der Waals surface area contributed by atoms with Crippen LogP contribution in [0.2, 0.25) is 5.02 Å². The van der Waals surface area contributed by atoms with Gasteiger partial charge in [-0.25, -0.2) is 0 Å². The lowest BCUT2D eigenvalue weighted by molar-refractivity contribution is -0.0109. The molecule has 1 aliphatic rings. The van der Waals surface area contributed by atoms with Gasteiger partial charge in [-0.15, -0.1) is 0 Å². The third-order valence-electron chi connectivity index (χ3n) is 3.92. The summed E-state index contributed by atoms with van der Waals surface area (Å²) >= 11 is 6.02. The number of aliphatic hydroxyl groups is 1. The van der Waals surface area contributed by atoms with Gasteiger partial charge in [0.1, 0.15) is 0 Å². The second-order valence-corrected chi connectivity index (χ2v) is 6.20. The number of anilines is 1. The first-order chi connectivity index (χ1) is 9.41. The molecule has 0 radical (unpaired) electrons. The van der Waals surface area contributed by atoms with Crippen LogP contribution in [-0.4, -0.2) is 23.2 Å². The molecule has 5 heteroatoms. The van der Waals surface area contributed by atoms with Crippen LogP contribution in [-0.2, 0) is 0 Å². The maximum Gasteiger partial charge on any atom is 0.252 e. The number of hydrogen-bond donors (Lipinski definition) is 3. The fourth-order valence-electron chi connectivity index (χ4n) is 2.86. The molecule has 1 aliphatic carbocycles. The lowest BCUT2D eigenvalue weighted by Crippen LogP contribution is -2.45. The predicted octanol–water partition coefficient (Wildman–Crippen LogP) is 2.59. The van der Waals surface area contributed by atoms with Crippen molar-refractivity contribution >= 4 is 23.2 Å². The van der Waals surface area contributed by atoms with E-state index in [1.54, 1.807) is 18.2 Å². The molecule has 0 aromatic heterocycles. The molecule has 2 unspecified atom stereocenters. The van der Waals surface area contributed by atoms with Crippen LogP contribution in [0.1, 0.15) is 43.0 Å². The van der Waals surface area contributed by atoms with Crippen LogP contribution in [0.5, 0.6) is 0 Å². The number of nitrogens with one attached hydrogen (secondary N) is 1. The van der Waals surface area contributed by atoms with Gasteiger partial charge in [-0.2, -0.15) is 0 Å². The Hall–Kier alpha value is -1.26. The Bertz CT molecular complexity index is 507. The summed E-state index contributed by atoms with van der Waals surface area (Å²) < 4.78 is 0. The zero-order chi connectivity index (χ0) is 14.8. The Morgan fingerprint density at radius 2 is 2.35 bits per heavy atom. The molecule has 2 atom stereocenters. The van der Waals surface area contributed by atoms with Gasteiger partial charge in [0.15, 0.2) is 0 Å². The Balaban J connectivity index is 2.00. The monoisotopic (exact) mass is 296 g/mol. The largest absolute Gasteiger partial charge is 0.398 e. The predicted molar refractivity (Wildman–Crippen MR) is 80.8 cm³/mol. The third kappa shape index (κ3) is 3.44. The van der Waals surface area contributed by atoms with Crippen molar-refractivity contribution in [3.05, 3.63) is 28.8 Å². The minimum Gasteiger partial charge on any atom is -0.398 e. The minimum atomic E-state index is -0.805. The van der Waals surface area contributed by atoms with Crippen LogP contribution >= 0.6 is 11.6 Å². The van der Waals surface area contributed by atoms with Gasteiger partial charge in [0.2, 0.25) is 0 Å². The summed E-state index contributed by atoms with van der Waals surface area (Å²) in [5.74, 6) is 0.190. The lowest BCUT2D eigenvalue weighted by Gasteiger charge is -2.35. The summed E-state index contributed by atoms with van der Waals surface area (Å²) in [6.07, 6.45) is 3.57. The van der Waals surface area contributed by atoms with Gasteiger partial charge in [0.05, 0.1) is 21.9 Å². The summed E-state index contributed by atoms with van der Waals surface area (Å²) in [5.41, 5.74) is 5.60. The molecule has 2 rings (SSSR count). The normalized spacial score (nSPS) is 26.2. The number of carbonyl (C=O) groups excluding carboxylic acids is 1. The molecule has 1 saturated carbocycles. The highest BCUT2D eigenvalue weighted by Crippen LogP contribution is 2.31. The zero-order valence-corrected chi connectivity index (χ0v) is 12.4. The summed E-state index contributed by atoms with van der Waals surface area (Å²) in [6, 6.07) is 4.96. The molecule has 0 aliphatic heterocycles. The van der Waals surface area contributed by atoms with E-state index in [1.165, 1.54) is 0 Å².